The molecule has 2 heterocycles. The van der Waals surface area contributed by atoms with E-state index in [0.29, 0.717) is 5.75 Å². The lowest BCUT2D eigenvalue weighted by Gasteiger charge is -2.12. The molecule has 0 unspecified atom stereocenters. The predicted molar refractivity (Wildman–Crippen MR) is 68.1 cm³/mol. The van der Waals surface area contributed by atoms with Gasteiger partial charge in [-0.2, -0.15) is 0 Å². The van der Waals surface area contributed by atoms with Crippen molar-refractivity contribution < 1.29 is 9.90 Å². The van der Waals surface area contributed by atoms with Gasteiger partial charge in [-0.05, 0) is 17.7 Å². The number of carbonyl (C=O) groups is 1. The van der Waals surface area contributed by atoms with Crippen LogP contribution in [0.15, 0.2) is 30.5 Å². The molecule has 0 saturated carbocycles. The largest absolute Gasteiger partial charge is 0.480 e. The number of fused-ring (bicyclic) bond motifs is 1. The second kappa shape index (κ2) is 4.09. The lowest BCUT2D eigenvalue weighted by atomic mass is 10.1. The third-order valence-corrected chi connectivity index (χ3v) is 4.24. The maximum atomic E-state index is 10.9. The van der Waals surface area contributed by atoms with Gasteiger partial charge < -0.3 is 10.1 Å². The Morgan fingerprint density at radius 2 is 2.29 bits per heavy atom. The molecule has 88 valence electrons. The first kappa shape index (κ1) is 10.7. The van der Waals surface area contributed by atoms with Crippen LogP contribution in [0, 0.1) is 0 Å². The van der Waals surface area contributed by atoms with E-state index in [1.54, 1.807) is 11.8 Å². The molecular weight excluding hydrogens is 236 g/mol. The number of rotatable bonds is 2. The molecule has 2 aromatic rings. The number of aromatic nitrogens is 1. The molecule has 0 bridgehead atoms. The quantitative estimate of drug-likeness (QED) is 0.760. The first-order chi connectivity index (χ1) is 8.25. The number of aliphatic carboxylic acids is 1. The second-order valence-corrected chi connectivity index (χ2v) is 5.20. The van der Waals surface area contributed by atoms with E-state index in [1.165, 1.54) is 0 Å². The highest BCUT2D eigenvalue weighted by molar-refractivity contribution is 7.99. The Morgan fingerprint density at radius 3 is 3.06 bits per heavy atom. The summed E-state index contributed by atoms with van der Waals surface area (Å²) in [7, 11) is 0. The van der Waals surface area contributed by atoms with Crippen molar-refractivity contribution in [3.63, 3.8) is 0 Å². The Kier molecular flexibility index (Phi) is 2.57. The summed E-state index contributed by atoms with van der Waals surface area (Å²) in [5.74, 6) is -0.165. The molecule has 2 atom stereocenters. The minimum atomic E-state index is -0.777. The molecule has 1 saturated heterocycles. The number of H-pyrrole nitrogens is 1. The highest BCUT2D eigenvalue weighted by Gasteiger charge is 2.30. The van der Waals surface area contributed by atoms with Gasteiger partial charge in [-0.25, -0.2) is 0 Å². The minimum absolute atomic E-state index is 0.0654. The van der Waals surface area contributed by atoms with Gasteiger partial charge in [0.2, 0.25) is 0 Å². The molecule has 1 fully saturated rings. The van der Waals surface area contributed by atoms with Crippen LogP contribution in [0.5, 0.6) is 0 Å². The first-order valence-corrected chi connectivity index (χ1v) is 6.47. The number of nitrogens with one attached hydrogen (secondary N) is 2. The normalized spacial score (nSPS) is 24.2. The summed E-state index contributed by atoms with van der Waals surface area (Å²) in [5, 5.41) is 13.3. The summed E-state index contributed by atoms with van der Waals surface area (Å²) in [6, 6.07) is 7.64. The van der Waals surface area contributed by atoms with E-state index in [-0.39, 0.29) is 5.37 Å². The van der Waals surface area contributed by atoms with Crippen molar-refractivity contribution in [3.8, 4) is 0 Å². The Balaban J connectivity index is 1.95. The molecule has 5 heteroatoms. The average molecular weight is 248 g/mol. The zero-order valence-corrected chi connectivity index (χ0v) is 9.83. The second-order valence-electron chi connectivity index (χ2n) is 4.06. The van der Waals surface area contributed by atoms with Crippen molar-refractivity contribution in [2.75, 3.05) is 5.75 Å². The molecule has 3 rings (SSSR count). The van der Waals surface area contributed by atoms with Crippen LogP contribution in [0.4, 0.5) is 0 Å². The number of hydrogen-bond donors (Lipinski definition) is 3. The smallest absolute Gasteiger partial charge is 0.321 e. The molecule has 0 amide bonds. The Labute approximate surface area is 102 Å². The van der Waals surface area contributed by atoms with Gasteiger partial charge in [0, 0.05) is 22.9 Å². The van der Waals surface area contributed by atoms with Crippen LogP contribution in [0.2, 0.25) is 0 Å². The summed E-state index contributed by atoms with van der Waals surface area (Å²) in [4.78, 5) is 14.1. The lowest BCUT2D eigenvalue weighted by molar-refractivity contribution is -0.138. The molecule has 4 nitrogen and oxygen atoms in total. The van der Waals surface area contributed by atoms with Gasteiger partial charge in [0.1, 0.15) is 6.04 Å². The van der Waals surface area contributed by atoms with Crippen LogP contribution < -0.4 is 5.32 Å². The average Bonchev–Trinajstić information content (AvgIpc) is 2.97. The maximum absolute atomic E-state index is 10.9. The topological polar surface area (TPSA) is 65.1 Å². The lowest BCUT2D eigenvalue weighted by Crippen LogP contribution is -2.33. The number of hydrogen-bond acceptors (Lipinski definition) is 3. The first-order valence-electron chi connectivity index (χ1n) is 5.42. The fourth-order valence-corrected chi connectivity index (χ4v) is 3.40. The van der Waals surface area contributed by atoms with E-state index >= 15 is 0 Å². The SMILES string of the molecule is O=C(O)[C@H]1CS[C@H](c2cccc3[nH]ccc23)N1. The van der Waals surface area contributed by atoms with Crippen molar-refractivity contribution >= 4 is 28.6 Å². The summed E-state index contributed by atoms with van der Waals surface area (Å²) in [6.45, 7) is 0. The highest BCUT2D eigenvalue weighted by Crippen LogP contribution is 2.36. The molecule has 1 aliphatic heterocycles. The number of aromatic amines is 1. The van der Waals surface area contributed by atoms with E-state index < -0.39 is 12.0 Å². The summed E-state index contributed by atoms with van der Waals surface area (Å²) in [6.07, 6.45) is 1.91. The van der Waals surface area contributed by atoms with Gasteiger partial charge in [0.25, 0.3) is 0 Å². The van der Waals surface area contributed by atoms with Crippen LogP contribution in [-0.2, 0) is 4.79 Å². The van der Waals surface area contributed by atoms with Crippen LogP contribution in [0.3, 0.4) is 0 Å². The Morgan fingerprint density at radius 1 is 1.41 bits per heavy atom. The maximum Gasteiger partial charge on any atom is 0.321 e. The minimum Gasteiger partial charge on any atom is -0.480 e. The van der Waals surface area contributed by atoms with Crippen molar-refractivity contribution in [1.82, 2.24) is 10.3 Å². The molecule has 0 aliphatic carbocycles. The molecule has 17 heavy (non-hydrogen) atoms. The van der Waals surface area contributed by atoms with E-state index in [9.17, 15) is 4.79 Å². The predicted octanol–water partition coefficient (Wildman–Crippen LogP) is 1.96. The van der Waals surface area contributed by atoms with E-state index in [4.69, 9.17) is 5.11 Å². The molecule has 1 aromatic heterocycles. The molecule has 1 aromatic carbocycles. The molecule has 1 aliphatic rings. The van der Waals surface area contributed by atoms with Crippen LogP contribution in [0.1, 0.15) is 10.9 Å². The Bertz CT molecular complexity index is 566. The molecule has 0 radical (unpaired) electrons. The Hall–Kier alpha value is -1.46. The number of carboxylic acids is 1. The van der Waals surface area contributed by atoms with E-state index in [0.717, 1.165) is 16.5 Å². The monoisotopic (exact) mass is 248 g/mol. The van der Waals surface area contributed by atoms with Crippen molar-refractivity contribution in [1.29, 1.82) is 0 Å². The van der Waals surface area contributed by atoms with Crippen molar-refractivity contribution in [2.24, 2.45) is 0 Å². The zero-order valence-electron chi connectivity index (χ0n) is 9.01. The van der Waals surface area contributed by atoms with Crippen LogP contribution in [-0.4, -0.2) is 27.9 Å². The van der Waals surface area contributed by atoms with Crippen LogP contribution >= 0.6 is 11.8 Å². The van der Waals surface area contributed by atoms with Gasteiger partial charge >= 0.3 is 5.97 Å². The number of thioether (sulfide) groups is 1. The fraction of sp³-hybridized carbons (Fsp3) is 0.250. The third-order valence-electron chi connectivity index (χ3n) is 2.99. The third kappa shape index (κ3) is 1.81. The molecular formula is C12H12N2O2S. The van der Waals surface area contributed by atoms with Crippen molar-refractivity contribution in [2.45, 2.75) is 11.4 Å². The van der Waals surface area contributed by atoms with E-state index in [2.05, 4.69) is 10.3 Å². The molecule has 0 spiro atoms. The number of carboxylic acid groups (broad SMARTS) is 1. The zero-order chi connectivity index (χ0) is 11.8. The standard InChI is InChI=1S/C12H12N2O2S/c15-12(16)10-6-17-11(14-10)8-2-1-3-9-7(8)4-5-13-9/h1-5,10-11,13-14H,6H2,(H,15,16)/t10-,11-/m1/s1. The van der Waals surface area contributed by atoms with Gasteiger partial charge in [0.15, 0.2) is 0 Å². The van der Waals surface area contributed by atoms with Crippen LogP contribution in [0.25, 0.3) is 10.9 Å². The van der Waals surface area contributed by atoms with Gasteiger partial charge in [-0.3, -0.25) is 10.1 Å². The highest BCUT2D eigenvalue weighted by atomic mass is 32.2. The summed E-state index contributed by atoms with van der Waals surface area (Å²) >= 11 is 1.64. The molecule has 3 N–H and O–H groups in total. The van der Waals surface area contributed by atoms with Gasteiger partial charge in [-0.15, -0.1) is 11.8 Å². The summed E-state index contributed by atoms with van der Waals surface area (Å²) in [5.41, 5.74) is 2.24. The van der Waals surface area contributed by atoms with E-state index in [1.807, 2.05) is 30.5 Å². The number of benzene rings is 1. The van der Waals surface area contributed by atoms with Gasteiger partial charge in [-0.1, -0.05) is 12.1 Å². The summed E-state index contributed by atoms with van der Waals surface area (Å²) < 4.78 is 0. The van der Waals surface area contributed by atoms with Gasteiger partial charge in [0.05, 0.1) is 5.37 Å². The fourth-order valence-electron chi connectivity index (χ4n) is 2.13. The van der Waals surface area contributed by atoms with Crippen molar-refractivity contribution in [3.05, 3.63) is 36.0 Å².